The molecule has 0 radical (unpaired) electrons. The number of halogens is 1. The van der Waals surface area contributed by atoms with Gasteiger partial charge in [0.15, 0.2) is 0 Å². The number of hydrogen-bond acceptors (Lipinski definition) is 4. The molecule has 17 heavy (non-hydrogen) atoms. The zero-order chi connectivity index (χ0) is 12.8. The first kappa shape index (κ1) is 14.3. The van der Waals surface area contributed by atoms with E-state index < -0.39 is 0 Å². The van der Waals surface area contributed by atoms with E-state index in [0.717, 1.165) is 34.4 Å². The highest BCUT2D eigenvalue weighted by Gasteiger charge is 2.13. The van der Waals surface area contributed by atoms with Gasteiger partial charge in [-0.2, -0.15) is 0 Å². The Kier molecular flexibility index (Phi) is 5.74. The van der Waals surface area contributed by atoms with Crippen molar-refractivity contribution in [3.8, 4) is 11.5 Å². The molecule has 0 heterocycles. The second kappa shape index (κ2) is 6.83. The molecule has 0 aliphatic carbocycles. The molecule has 0 aliphatic rings. The molecule has 0 spiro atoms. The lowest BCUT2D eigenvalue weighted by Crippen LogP contribution is -2.13. The smallest absolute Gasteiger partial charge is 0.137 e. The van der Waals surface area contributed by atoms with E-state index in [-0.39, 0.29) is 6.04 Å². The summed E-state index contributed by atoms with van der Waals surface area (Å²) in [7, 11) is 3.24. The van der Waals surface area contributed by atoms with E-state index in [1.165, 1.54) is 0 Å². The first-order valence-corrected chi connectivity index (χ1v) is 6.30. The van der Waals surface area contributed by atoms with Crippen molar-refractivity contribution in [2.75, 3.05) is 20.8 Å². The predicted molar refractivity (Wildman–Crippen MR) is 72.5 cm³/mol. The lowest BCUT2D eigenvalue weighted by atomic mass is 10.0. The van der Waals surface area contributed by atoms with Gasteiger partial charge in [0.2, 0.25) is 0 Å². The Balaban J connectivity index is 2.99. The van der Waals surface area contributed by atoms with Crippen LogP contribution in [-0.4, -0.2) is 20.8 Å². The number of benzene rings is 1. The molecule has 5 heteroatoms. The summed E-state index contributed by atoms with van der Waals surface area (Å²) < 4.78 is 11.4. The van der Waals surface area contributed by atoms with Crippen LogP contribution in [0.2, 0.25) is 0 Å². The van der Waals surface area contributed by atoms with Gasteiger partial charge in [-0.15, -0.1) is 0 Å². The summed E-state index contributed by atoms with van der Waals surface area (Å²) in [5, 5.41) is 0. The van der Waals surface area contributed by atoms with Crippen LogP contribution >= 0.6 is 15.9 Å². The van der Waals surface area contributed by atoms with Gasteiger partial charge in [0, 0.05) is 6.04 Å². The number of rotatable bonds is 6. The van der Waals surface area contributed by atoms with Gasteiger partial charge >= 0.3 is 0 Å². The highest BCUT2D eigenvalue weighted by molar-refractivity contribution is 9.10. The fraction of sp³-hybridized carbons (Fsp3) is 0.500. The second-order valence-corrected chi connectivity index (χ2v) is 4.57. The van der Waals surface area contributed by atoms with Crippen molar-refractivity contribution in [2.45, 2.75) is 18.9 Å². The Hall–Kier alpha value is -0.780. The lowest BCUT2D eigenvalue weighted by Gasteiger charge is -2.16. The summed E-state index contributed by atoms with van der Waals surface area (Å²) in [6.45, 7) is 0.651. The van der Waals surface area contributed by atoms with Crippen LogP contribution in [0.1, 0.15) is 24.4 Å². The van der Waals surface area contributed by atoms with Crippen molar-refractivity contribution in [3.63, 3.8) is 0 Å². The highest BCUT2D eigenvalue weighted by atomic mass is 79.9. The molecule has 0 amide bonds. The molecule has 4 nitrogen and oxygen atoms in total. The zero-order valence-electron chi connectivity index (χ0n) is 10.2. The molecule has 0 aromatic heterocycles. The lowest BCUT2D eigenvalue weighted by molar-refractivity contribution is 0.387. The van der Waals surface area contributed by atoms with Crippen molar-refractivity contribution in [1.29, 1.82) is 0 Å². The van der Waals surface area contributed by atoms with E-state index in [1.807, 2.05) is 12.1 Å². The molecule has 1 rings (SSSR count). The van der Waals surface area contributed by atoms with Crippen LogP contribution < -0.4 is 20.9 Å². The van der Waals surface area contributed by atoms with E-state index in [9.17, 15) is 0 Å². The fourth-order valence-corrected chi connectivity index (χ4v) is 2.16. The van der Waals surface area contributed by atoms with E-state index in [0.29, 0.717) is 6.54 Å². The molecule has 0 bridgehead atoms. The van der Waals surface area contributed by atoms with Crippen LogP contribution in [0.15, 0.2) is 16.6 Å². The maximum atomic E-state index is 6.10. The molecular weight excluding hydrogens is 284 g/mol. The summed E-state index contributed by atoms with van der Waals surface area (Å²) in [6, 6.07) is 3.80. The number of nitrogens with two attached hydrogens (primary N) is 2. The van der Waals surface area contributed by atoms with Crippen LogP contribution in [0.5, 0.6) is 11.5 Å². The van der Waals surface area contributed by atoms with Crippen LogP contribution in [0.3, 0.4) is 0 Å². The van der Waals surface area contributed by atoms with Gasteiger partial charge in [-0.3, -0.25) is 0 Å². The molecule has 0 unspecified atom stereocenters. The molecule has 0 aliphatic heterocycles. The fourth-order valence-electron chi connectivity index (χ4n) is 1.61. The minimum atomic E-state index is -0.0468. The monoisotopic (exact) mass is 302 g/mol. The van der Waals surface area contributed by atoms with Crippen molar-refractivity contribution >= 4 is 15.9 Å². The summed E-state index contributed by atoms with van der Waals surface area (Å²) in [6.07, 6.45) is 1.76. The van der Waals surface area contributed by atoms with Gasteiger partial charge in [-0.1, -0.05) is 0 Å². The van der Waals surface area contributed by atoms with Crippen LogP contribution in [0.25, 0.3) is 0 Å². The molecule has 0 saturated heterocycles. The summed E-state index contributed by atoms with van der Waals surface area (Å²) in [5.41, 5.74) is 12.6. The van der Waals surface area contributed by atoms with Crippen molar-refractivity contribution in [2.24, 2.45) is 11.5 Å². The average molecular weight is 303 g/mol. The minimum Gasteiger partial charge on any atom is -0.495 e. The van der Waals surface area contributed by atoms with Gasteiger partial charge in [-0.25, -0.2) is 0 Å². The summed E-state index contributed by atoms with van der Waals surface area (Å²) in [4.78, 5) is 0. The Morgan fingerprint density at radius 1 is 1.24 bits per heavy atom. The number of ether oxygens (including phenoxy) is 2. The van der Waals surface area contributed by atoms with Crippen molar-refractivity contribution in [1.82, 2.24) is 0 Å². The van der Waals surface area contributed by atoms with E-state index in [4.69, 9.17) is 20.9 Å². The van der Waals surface area contributed by atoms with Gasteiger partial charge in [-0.05, 0) is 53.0 Å². The first-order chi connectivity index (χ1) is 8.13. The molecule has 1 aromatic rings. The largest absolute Gasteiger partial charge is 0.495 e. The minimum absolute atomic E-state index is 0.0468. The third-order valence-corrected chi connectivity index (χ3v) is 3.40. The van der Waals surface area contributed by atoms with Crippen LogP contribution in [0, 0.1) is 0 Å². The molecule has 1 aromatic carbocycles. The van der Waals surface area contributed by atoms with Gasteiger partial charge < -0.3 is 20.9 Å². The standard InChI is InChI=1S/C12H19BrN2O2/c1-16-10-6-8(9(15)4-3-5-14)7-11(17-2)12(10)13/h6-7,9H,3-5,14-15H2,1-2H3/t9-/m1/s1. The van der Waals surface area contributed by atoms with Gasteiger partial charge in [0.1, 0.15) is 16.0 Å². The molecule has 0 saturated carbocycles. The average Bonchev–Trinajstić information content (AvgIpc) is 2.36. The summed E-state index contributed by atoms with van der Waals surface area (Å²) in [5.74, 6) is 1.45. The second-order valence-electron chi connectivity index (χ2n) is 3.78. The molecule has 4 N–H and O–H groups in total. The van der Waals surface area contributed by atoms with Gasteiger partial charge in [0.25, 0.3) is 0 Å². The Labute approximate surface area is 110 Å². The third-order valence-electron chi connectivity index (χ3n) is 2.62. The quantitative estimate of drug-likeness (QED) is 0.845. The van der Waals surface area contributed by atoms with E-state index in [1.54, 1.807) is 14.2 Å². The normalized spacial score (nSPS) is 12.3. The molecule has 96 valence electrons. The highest BCUT2D eigenvalue weighted by Crippen LogP contribution is 2.37. The topological polar surface area (TPSA) is 70.5 Å². The Bertz CT molecular complexity index is 347. The van der Waals surface area contributed by atoms with E-state index >= 15 is 0 Å². The SMILES string of the molecule is COc1cc([C@H](N)CCCN)cc(OC)c1Br. The van der Waals surface area contributed by atoms with Crippen molar-refractivity contribution < 1.29 is 9.47 Å². The first-order valence-electron chi connectivity index (χ1n) is 5.51. The van der Waals surface area contributed by atoms with Crippen LogP contribution in [0.4, 0.5) is 0 Å². The molecule has 0 fully saturated rings. The van der Waals surface area contributed by atoms with Crippen LogP contribution in [-0.2, 0) is 0 Å². The summed E-state index contributed by atoms with van der Waals surface area (Å²) >= 11 is 3.43. The predicted octanol–water partition coefficient (Wildman–Crippen LogP) is 2.21. The Morgan fingerprint density at radius 2 is 1.76 bits per heavy atom. The number of hydrogen-bond donors (Lipinski definition) is 2. The van der Waals surface area contributed by atoms with Gasteiger partial charge in [0.05, 0.1) is 14.2 Å². The molecule has 1 atom stereocenters. The molecular formula is C12H19BrN2O2. The maximum Gasteiger partial charge on any atom is 0.137 e. The van der Waals surface area contributed by atoms with Crippen molar-refractivity contribution in [3.05, 3.63) is 22.2 Å². The third kappa shape index (κ3) is 3.59. The maximum absolute atomic E-state index is 6.10. The zero-order valence-corrected chi connectivity index (χ0v) is 11.8. The number of methoxy groups -OCH3 is 2. The van der Waals surface area contributed by atoms with E-state index in [2.05, 4.69) is 15.9 Å². The Morgan fingerprint density at radius 3 is 2.18 bits per heavy atom.